The number of hydrogen-bond acceptors (Lipinski definition) is 4. The highest BCUT2D eigenvalue weighted by atomic mass is 35.5. The lowest BCUT2D eigenvalue weighted by Crippen LogP contribution is -2.58. The molecule has 7 nitrogen and oxygen atoms in total. The Balaban J connectivity index is 1.73. The lowest BCUT2D eigenvalue weighted by atomic mass is 9.86. The maximum Gasteiger partial charge on any atom is 0.411 e. The molecule has 0 atom stereocenters. The van der Waals surface area contributed by atoms with E-state index in [-0.39, 0.29) is 19.1 Å². The van der Waals surface area contributed by atoms with E-state index in [0.717, 1.165) is 18.4 Å². The molecular weight excluding hydrogens is 442 g/mol. The summed E-state index contributed by atoms with van der Waals surface area (Å²) in [5.74, 6) is -0.0125. The van der Waals surface area contributed by atoms with Gasteiger partial charge in [0.1, 0.15) is 6.61 Å². The molecule has 1 saturated heterocycles. The van der Waals surface area contributed by atoms with Crippen molar-refractivity contribution in [2.45, 2.75) is 45.2 Å². The lowest BCUT2D eigenvalue weighted by Gasteiger charge is -2.46. The van der Waals surface area contributed by atoms with Gasteiger partial charge >= 0.3 is 6.09 Å². The summed E-state index contributed by atoms with van der Waals surface area (Å²) in [6.45, 7) is 4.85. The highest BCUT2D eigenvalue weighted by Gasteiger charge is 2.41. The van der Waals surface area contributed by atoms with Crippen LogP contribution >= 0.6 is 11.6 Å². The Hall–Kier alpha value is -3.06. The number of piperidine rings is 1. The van der Waals surface area contributed by atoms with Gasteiger partial charge in [-0.25, -0.2) is 4.79 Å². The van der Waals surface area contributed by atoms with Crippen LogP contribution < -0.4 is 5.32 Å². The molecule has 0 radical (unpaired) electrons. The topological polar surface area (TPSA) is 79.0 Å². The Kier molecular flexibility index (Phi) is 8.33. The molecule has 33 heavy (non-hydrogen) atoms. The van der Waals surface area contributed by atoms with Gasteiger partial charge in [0, 0.05) is 37.3 Å². The Morgan fingerprint density at radius 3 is 2.39 bits per heavy atom. The molecule has 2 aromatic carbocycles. The highest BCUT2D eigenvalue weighted by molar-refractivity contribution is 6.31. The molecule has 3 rings (SSSR count). The SMILES string of the molecule is CCc1ccc(NC(=O)OCC2(N(C=O)Cc3ccccc3Cl)CCN(C(C)=O)CC2)cc1. The molecule has 0 bridgehead atoms. The third-order valence-corrected chi connectivity index (χ3v) is 6.62. The van der Waals surface area contributed by atoms with E-state index in [2.05, 4.69) is 12.2 Å². The second kappa shape index (κ2) is 11.2. The summed E-state index contributed by atoms with van der Waals surface area (Å²) in [4.78, 5) is 39.9. The summed E-state index contributed by atoms with van der Waals surface area (Å²) in [7, 11) is 0. The minimum atomic E-state index is -0.740. The quantitative estimate of drug-likeness (QED) is 0.575. The fourth-order valence-corrected chi connectivity index (χ4v) is 4.25. The van der Waals surface area contributed by atoms with Crippen LogP contribution in [0.2, 0.25) is 5.02 Å². The van der Waals surface area contributed by atoms with E-state index < -0.39 is 11.6 Å². The number of nitrogens with one attached hydrogen (secondary N) is 1. The Bertz CT molecular complexity index is 972. The number of hydrogen-bond donors (Lipinski definition) is 1. The van der Waals surface area contributed by atoms with Crippen LogP contribution in [0.1, 0.15) is 37.8 Å². The van der Waals surface area contributed by atoms with Gasteiger partial charge in [0.05, 0.1) is 5.54 Å². The zero-order valence-electron chi connectivity index (χ0n) is 19.1. The number of carbonyl (C=O) groups excluding carboxylic acids is 3. The smallest absolute Gasteiger partial charge is 0.411 e. The Morgan fingerprint density at radius 1 is 1.15 bits per heavy atom. The van der Waals surface area contributed by atoms with Gasteiger partial charge in [0.15, 0.2) is 0 Å². The van der Waals surface area contributed by atoms with Crippen molar-refractivity contribution in [3.05, 3.63) is 64.7 Å². The van der Waals surface area contributed by atoms with E-state index in [0.29, 0.717) is 36.6 Å². The van der Waals surface area contributed by atoms with Crippen LogP contribution in [0, 0.1) is 0 Å². The summed E-state index contributed by atoms with van der Waals surface area (Å²) in [5, 5.41) is 3.30. The van der Waals surface area contributed by atoms with Crippen molar-refractivity contribution in [2.24, 2.45) is 0 Å². The summed E-state index contributed by atoms with van der Waals surface area (Å²) in [6.07, 6.45) is 2.09. The average Bonchev–Trinajstić information content (AvgIpc) is 2.83. The molecular formula is C25H30ClN3O4. The van der Waals surface area contributed by atoms with Crippen molar-refractivity contribution in [3.8, 4) is 0 Å². The monoisotopic (exact) mass is 471 g/mol. The Morgan fingerprint density at radius 2 is 1.82 bits per heavy atom. The molecule has 0 saturated carbocycles. The standard InChI is InChI=1S/C25H30ClN3O4/c1-3-20-8-10-22(11-9-20)27-24(32)33-17-25(12-14-28(15-13-25)19(2)31)29(18-30)16-21-6-4-5-7-23(21)26/h4-11,18H,3,12-17H2,1-2H3,(H,27,32). The van der Waals surface area contributed by atoms with Crippen LogP contribution in [0.4, 0.5) is 10.5 Å². The lowest BCUT2D eigenvalue weighted by molar-refractivity contribution is -0.136. The molecule has 8 heteroatoms. The summed E-state index contributed by atoms with van der Waals surface area (Å²) in [6, 6.07) is 14.9. The first-order valence-corrected chi connectivity index (χ1v) is 11.5. The molecule has 1 N–H and O–H groups in total. The minimum absolute atomic E-state index is 0.0125. The molecule has 0 aromatic heterocycles. The Labute approximate surface area is 199 Å². The highest BCUT2D eigenvalue weighted by Crippen LogP contribution is 2.31. The molecule has 1 fully saturated rings. The molecule has 0 unspecified atom stereocenters. The number of aryl methyl sites for hydroxylation is 1. The number of likely N-dealkylation sites (tertiary alicyclic amines) is 1. The van der Waals surface area contributed by atoms with E-state index in [1.807, 2.05) is 42.5 Å². The van der Waals surface area contributed by atoms with Gasteiger partial charge in [-0.05, 0) is 48.6 Å². The zero-order valence-corrected chi connectivity index (χ0v) is 19.8. The second-order valence-corrected chi connectivity index (χ2v) is 8.71. The fraction of sp³-hybridized carbons (Fsp3) is 0.400. The van der Waals surface area contributed by atoms with Crippen molar-refractivity contribution < 1.29 is 19.1 Å². The van der Waals surface area contributed by atoms with E-state index >= 15 is 0 Å². The van der Waals surface area contributed by atoms with Crippen molar-refractivity contribution in [1.82, 2.24) is 9.80 Å². The van der Waals surface area contributed by atoms with Gasteiger partial charge in [0.2, 0.25) is 12.3 Å². The number of carbonyl (C=O) groups is 3. The molecule has 0 aliphatic carbocycles. The number of nitrogens with zero attached hydrogens (tertiary/aromatic N) is 2. The predicted molar refractivity (Wildman–Crippen MR) is 128 cm³/mol. The van der Waals surface area contributed by atoms with Crippen molar-refractivity contribution in [2.75, 3.05) is 25.0 Å². The average molecular weight is 472 g/mol. The van der Waals surface area contributed by atoms with Gasteiger partial charge in [-0.15, -0.1) is 0 Å². The van der Waals surface area contributed by atoms with Crippen LogP contribution in [-0.2, 0) is 27.3 Å². The van der Waals surface area contributed by atoms with E-state index in [4.69, 9.17) is 16.3 Å². The van der Waals surface area contributed by atoms with Crippen molar-refractivity contribution in [1.29, 1.82) is 0 Å². The maximum absolute atomic E-state index is 12.5. The number of benzene rings is 2. The first kappa shape index (κ1) is 24.6. The molecule has 3 amide bonds. The van der Waals surface area contributed by atoms with Gasteiger partial charge in [-0.1, -0.05) is 48.9 Å². The first-order valence-electron chi connectivity index (χ1n) is 11.1. The van der Waals surface area contributed by atoms with Crippen LogP contribution in [0.5, 0.6) is 0 Å². The third-order valence-electron chi connectivity index (χ3n) is 6.26. The van der Waals surface area contributed by atoms with Crippen LogP contribution in [0.3, 0.4) is 0 Å². The van der Waals surface area contributed by atoms with Gasteiger partial charge in [-0.2, -0.15) is 0 Å². The predicted octanol–water partition coefficient (Wildman–Crippen LogP) is 4.49. The van der Waals surface area contributed by atoms with Crippen molar-refractivity contribution in [3.63, 3.8) is 0 Å². The molecule has 1 aliphatic rings. The number of ether oxygens (including phenoxy) is 1. The molecule has 1 aliphatic heterocycles. The normalized spacial score (nSPS) is 14.9. The fourth-order valence-electron chi connectivity index (χ4n) is 4.06. The zero-order chi connectivity index (χ0) is 23.8. The van der Waals surface area contributed by atoms with Gasteiger partial charge in [-0.3, -0.25) is 14.9 Å². The van der Waals surface area contributed by atoms with Crippen LogP contribution in [0.15, 0.2) is 48.5 Å². The number of anilines is 1. The van der Waals surface area contributed by atoms with E-state index in [1.165, 1.54) is 12.5 Å². The number of rotatable bonds is 8. The van der Waals surface area contributed by atoms with Crippen molar-refractivity contribution >= 4 is 35.7 Å². The van der Waals surface area contributed by atoms with E-state index in [9.17, 15) is 14.4 Å². The van der Waals surface area contributed by atoms with E-state index in [1.54, 1.807) is 15.9 Å². The molecule has 2 aromatic rings. The molecule has 176 valence electrons. The molecule has 0 spiro atoms. The maximum atomic E-state index is 12.5. The van der Waals surface area contributed by atoms with Crippen LogP contribution in [0.25, 0.3) is 0 Å². The summed E-state index contributed by atoms with van der Waals surface area (Å²) in [5.41, 5.74) is 1.88. The van der Waals surface area contributed by atoms with Crippen LogP contribution in [-0.4, -0.2) is 53.4 Å². The number of halogens is 1. The number of amides is 3. The summed E-state index contributed by atoms with van der Waals surface area (Å²) >= 11 is 6.32. The second-order valence-electron chi connectivity index (χ2n) is 8.31. The van der Waals surface area contributed by atoms with Gasteiger partial charge < -0.3 is 14.5 Å². The third kappa shape index (κ3) is 6.26. The minimum Gasteiger partial charge on any atom is -0.447 e. The van der Waals surface area contributed by atoms with Gasteiger partial charge in [0.25, 0.3) is 0 Å². The first-order chi connectivity index (χ1) is 15.9. The molecule has 1 heterocycles. The largest absolute Gasteiger partial charge is 0.447 e. The summed E-state index contributed by atoms with van der Waals surface area (Å²) < 4.78 is 5.60.